The zero-order valence-electron chi connectivity index (χ0n) is 15.1. The molecule has 0 bridgehead atoms. The Hall–Kier alpha value is -2.13. The van der Waals surface area contributed by atoms with E-state index in [0.717, 1.165) is 46.2 Å². The molecule has 0 aliphatic carbocycles. The minimum atomic E-state index is -3.31. The van der Waals surface area contributed by atoms with E-state index in [1.807, 2.05) is 26.0 Å². The first-order valence-corrected chi connectivity index (χ1v) is 11.0. The fraction of sp³-hybridized carbons (Fsp3) is 0.353. The fourth-order valence-electron chi connectivity index (χ4n) is 2.81. The number of nitrogens with zero attached hydrogens (tertiary/aromatic N) is 4. The highest BCUT2D eigenvalue weighted by Crippen LogP contribution is 2.25. The number of rotatable bonds is 6. The van der Waals surface area contributed by atoms with E-state index in [9.17, 15) is 8.42 Å². The second-order valence-corrected chi connectivity index (χ2v) is 8.76. The molecule has 9 heteroatoms. The number of anilines is 1. The van der Waals surface area contributed by atoms with Gasteiger partial charge in [0.1, 0.15) is 5.82 Å². The van der Waals surface area contributed by atoms with E-state index in [2.05, 4.69) is 31.2 Å². The topological polar surface area (TPSA) is 89.8 Å². The number of aryl methyl sites for hydroxylation is 3. The molecule has 1 N–H and O–H groups in total. The summed E-state index contributed by atoms with van der Waals surface area (Å²) in [4.78, 5) is 13.6. The van der Waals surface area contributed by atoms with Gasteiger partial charge in [0, 0.05) is 17.9 Å². The monoisotopic (exact) mass is 391 g/mol. The zero-order chi connectivity index (χ0) is 18.9. The van der Waals surface area contributed by atoms with Crippen LogP contribution in [0.15, 0.2) is 29.4 Å². The standard InChI is InChI=1S/C17H21N5O2S2/c1-5-22-15-7-6-13(21-26(4,23)24)9-14(15)20-16(22)10-25-17-18-11(2)8-12(3)19-17/h6-9,21H,5,10H2,1-4H3. The Balaban J connectivity index is 1.89. The molecule has 2 heterocycles. The first kappa shape index (κ1) is 18.7. The maximum absolute atomic E-state index is 11.4. The predicted molar refractivity (Wildman–Crippen MR) is 105 cm³/mol. The minimum Gasteiger partial charge on any atom is -0.328 e. The minimum absolute atomic E-state index is 0.512. The number of sulfonamides is 1. The molecule has 3 aromatic rings. The van der Waals surface area contributed by atoms with Gasteiger partial charge in [-0.15, -0.1) is 0 Å². The molecular formula is C17H21N5O2S2. The van der Waals surface area contributed by atoms with Crippen molar-refractivity contribution in [3.8, 4) is 0 Å². The lowest BCUT2D eigenvalue weighted by Gasteiger charge is -2.07. The van der Waals surface area contributed by atoms with Gasteiger partial charge in [-0.3, -0.25) is 4.72 Å². The normalized spacial score (nSPS) is 11.8. The lowest BCUT2D eigenvalue weighted by molar-refractivity contribution is 0.607. The van der Waals surface area contributed by atoms with Crippen molar-refractivity contribution in [2.45, 2.75) is 38.2 Å². The van der Waals surface area contributed by atoms with Gasteiger partial charge in [-0.2, -0.15) is 0 Å². The molecule has 0 amide bonds. The van der Waals surface area contributed by atoms with Crippen LogP contribution in [0.2, 0.25) is 0 Å². The molecule has 7 nitrogen and oxygen atoms in total. The second kappa shape index (κ2) is 7.24. The smallest absolute Gasteiger partial charge is 0.229 e. The highest BCUT2D eigenvalue weighted by molar-refractivity contribution is 7.98. The van der Waals surface area contributed by atoms with Gasteiger partial charge in [-0.05, 0) is 45.0 Å². The highest BCUT2D eigenvalue weighted by atomic mass is 32.2. The fourth-order valence-corrected chi connectivity index (χ4v) is 4.26. The van der Waals surface area contributed by atoms with Crippen LogP contribution in [-0.2, 0) is 22.3 Å². The van der Waals surface area contributed by atoms with Crippen molar-refractivity contribution in [1.82, 2.24) is 19.5 Å². The van der Waals surface area contributed by atoms with Crippen LogP contribution in [0.1, 0.15) is 24.1 Å². The number of hydrogen-bond donors (Lipinski definition) is 1. The molecule has 2 aromatic heterocycles. The summed E-state index contributed by atoms with van der Waals surface area (Å²) < 4.78 is 27.5. The molecule has 26 heavy (non-hydrogen) atoms. The summed E-state index contributed by atoms with van der Waals surface area (Å²) in [6.07, 6.45) is 1.13. The summed E-state index contributed by atoms with van der Waals surface area (Å²) in [5.41, 5.74) is 4.14. The third-order valence-corrected chi connectivity index (χ3v) is 5.19. The van der Waals surface area contributed by atoms with Gasteiger partial charge >= 0.3 is 0 Å². The van der Waals surface area contributed by atoms with E-state index < -0.39 is 10.0 Å². The van der Waals surface area contributed by atoms with Gasteiger partial charge in [0.05, 0.1) is 28.7 Å². The molecule has 1 aromatic carbocycles. The van der Waals surface area contributed by atoms with Gasteiger partial charge in [0.2, 0.25) is 10.0 Å². The van der Waals surface area contributed by atoms with E-state index in [1.165, 1.54) is 0 Å². The van der Waals surface area contributed by atoms with Gasteiger partial charge in [0.25, 0.3) is 0 Å². The van der Waals surface area contributed by atoms with Gasteiger partial charge in [-0.1, -0.05) is 11.8 Å². The number of nitrogens with one attached hydrogen (secondary N) is 1. The van der Waals surface area contributed by atoms with Crippen molar-refractivity contribution in [3.05, 3.63) is 41.5 Å². The molecule has 0 radical (unpaired) electrons. The summed E-state index contributed by atoms with van der Waals surface area (Å²) in [6, 6.07) is 7.34. The molecule has 3 rings (SSSR count). The van der Waals surface area contributed by atoms with Crippen LogP contribution in [0.5, 0.6) is 0 Å². The van der Waals surface area contributed by atoms with Crippen LogP contribution in [0, 0.1) is 13.8 Å². The third kappa shape index (κ3) is 4.34. The third-order valence-electron chi connectivity index (χ3n) is 3.74. The number of thioether (sulfide) groups is 1. The SMILES string of the molecule is CCn1c(CSc2nc(C)cc(C)n2)nc2cc(NS(C)(=O)=O)ccc21. The van der Waals surface area contributed by atoms with Crippen LogP contribution in [0.25, 0.3) is 11.0 Å². The summed E-state index contributed by atoms with van der Waals surface area (Å²) in [6.45, 7) is 6.75. The molecule has 138 valence electrons. The summed E-state index contributed by atoms with van der Waals surface area (Å²) in [7, 11) is -3.31. The molecule has 0 unspecified atom stereocenters. The van der Waals surface area contributed by atoms with Crippen LogP contribution in [0.3, 0.4) is 0 Å². The van der Waals surface area contributed by atoms with Crippen molar-refractivity contribution in [3.63, 3.8) is 0 Å². The second-order valence-electron chi connectivity index (χ2n) is 6.07. The van der Waals surface area contributed by atoms with Crippen molar-refractivity contribution >= 4 is 38.5 Å². The largest absolute Gasteiger partial charge is 0.328 e. The maximum Gasteiger partial charge on any atom is 0.229 e. The van der Waals surface area contributed by atoms with E-state index in [0.29, 0.717) is 11.4 Å². The lowest BCUT2D eigenvalue weighted by Crippen LogP contribution is -2.09. The number of aromatic nitrogens is 4. The Labute approximate surface area is 157 Å². The Bertz CT molecular complexity index is 1040. The number of imidazole rings is 1. The molecule has 0 saturated heterocycles. The van der Waals surface area contributed by atoms with E-state index in [-0.39, 0.29) is 0 Å². The summed E-state index contributed by atoms with van der Waals surface area (Å²) in [5.74, 6) is 1.55. The van der Waals surface area contributed by atoms with Crippen molar-refractivity contribution in [2.24, 2.45) is 0 Å². The average Bonchev–Trinajstić information content (AvgIpc) is 2.87. The van der Waals surface area contributed by atoms with Crippen molar-refractivity contribution < 1.29 is 8.42 Å². The van der Waals surface area contributed by atoms with Crippen LogP contribution < -0.4 is 4.72 Å². The molecular weight excluding hydrogens is 370 g/mol. The average molecular weight is 392 g/mol. The Kier molecular flexibility index (Phi) is 5.19. The molecule has 0 aliphatic heterocycles. The van der Waals surface area contributed by atoms with Crippen molar-refractivity contribution in [2.75, 3.05) is 11.0 Å². The number of benzene rings is 1. The van der Waals surface area contributed by atoms with Crippen LogP contribution in [-0.4, -0.2) is 34.2 Å². The Morgan fingerprint density at radius 1 is 1.12 bits per heavy atom. The maximum atomic E-state index is 11.4. The lowest BCUT2D eigenvalue weighted by atomic mass is 10.3. The first-order valence-electron chi connectivity index (χ1n) is 8.17. The summed E-state index contributed by atoms with van der Waals surface area (Å²) in [5, 5.41) is 0.733. The van der Waals surface area contributed by atoms with Gasteiger partial charge in [-0.25, -0.2) is 23.4 Å². The quantitative estimate of drug-likeness (QED) is 0.513. The molecule has 0 spiro atoms. The van der Waals surface area contributed by atoms with Crippen molar-refractivity contribution in [1.29, 1.82) is 0 Å². The molecule has 0 atom stereocenters. The van der Waals surface area contributed by atoms with E-state index >= 15 is 0 Å². The van der Waals surface area contributed by atoms with Gasteiger partial charge < -0.3 is 4.57 Å². The Morgan fingerprint density at radius 2 is 1.81 bits per heavy atom. The predicted octanol–water partition coefficient (Wildman–Crippen LogP) is 3.13. The number of fused-ring (bicyclic) bond motifs is 1. The highest BCUT2D eigenvalue weighted by Gasteiger charge is 2.12. The Morgan fingerprint density at radius 3 is 2.42 bits per heavy atom. The van der Waals surface area contributed by atoms with Crippen LogP contribution >= 0.6 is 11.8 Å². The summed E-state index contributed by atoms with van der Waals surface area (Å²) >= 11 is 1.54. The zero-order valence-corrected chi connectivity index (χ0v) is 16.8. The first-order chi connectivity index (χ1) is 12.2. The molecule has 0 aliphatic rings. The van der Waals surface area contributed by atoms with E-state index in [4.69, 9.17) is 0 Å². The molecule has 0 fully saturated rings. The van der Waals surface area contributed by atoms with E-state index in [1.54, 1.807) is 23.9 Å². The van der Waals surface area contributed by atoms with Gasteiger partial charge in [0.15, 0.2) is 5.16 Å². The molecule has 0 saturated carbocycles. The number of hydrogen-bond acceptors (Lipinski definition) is 6. The van der Waals surface area contributed by atoms with Crippen LogP contribution in [0.4, 0.5) is 5.69 Å².